The van der Waals surface area contributed by atoms with Gasteiger partial charge in [0.15, 0.2) is 17.2 Å². The monoisotopic (exact) mass is 971 g/mol. The van der Waals surface area contributed by atoms with E-state index < -0.39 is 17.4 Å². The van der Waals surface area contributed by atoms with Crippen LogP contribution in [0.2, 0.25) is 5.02 Å². The second-order valence-corrected chi connectivity index (χ2v) is 20.0. The molecule has 6 aliphatic rings. The molecule has 16 nitrogen and oxygen atoms in total. The fourth-order valence-electron chi connectivity index (χ4n) is 11.0. The van der Waals surface area contributed by atoms with Crippen molar-refractivity contribution < 1.29 is 32.7 Å². The minimum atomic E-state index is -2.82. The van der Waals surface area contributed by atoms with Crippen LogP contribution in [0.25, 0.3) is 5.65 Å². The number of likely N-dealkylation sites (tertiary alicyclic amines) is 3. The van der Waals surface area contributed by atoms with Crippen LogP contribution in [0.3, 0.4) is 0 Å². The summed E-state index contributed by atoms with van der Waals surface area (Å²) in [5, 5.41) is 13.4. The van der Waals surface area contributed by atoms with E-state index >= 15 is 8.78 Å². The lowest BCUT2D eigenvalue weighted by molar-refractivity contribution is -0.189. The summed E-state index contributed by atoms with van der Waals surface area (Å²) < 4.78 is 39.3. The molecule has 370 valence electrons. The third kappa shape index (κ3) is 9.73. The molecule has 19 heteroatoms. The number of imidazole rings is 1. The predicted octanol–water partition coefficient (Wildman–Crippen LogP) is 6.89. The molecule has 2 aromatic heterocycles. The molecule has 7 heterocycles. The number of benzene rings is 2. The van der Waals surface area contributed by atoms with Gasteiger partial charge >= 0.3 is 6.03 Å². The lowest BCUT2D eigenvalue weighted by Crippen LogP contribution is -2.59. The molecule has 5 aliphatic heterocycles. The van der Waals surface area contributed by atoms with Gasteiger partial charge in [-0.05, 0) is 125 Å². The van der Waals surface area contributed by atoms with Gasteiger partial charge in [0.1, 0.15) is 0 Å². The number of ether oxygens (including phenoxy) is 1. The minimum Gasteiger partial charge on any atom is -0.385 e. The molecule has 0 unspecified atom stereocenters. The summed E-state index contributed by atoms with van der Waals surface area (Å²) in [5.41, 5.74) is 5.34. The van der Waals surface area contributed by atoms with Gasteiger partial charge in [-0.2, -0.15) is 0 Å². The van der Waals surface area contributed by atoms with E-state index in [1.807, 2.05) is 28.0 Å². The van der Waals surface area contributed by atoms with Crippen molar-refractivity contribution in [1.82, 2.24) is 39.9 Å². The van der Waals surface area contributed by atoms with Crippen LogP contribution in [0, 0.1) is 18.3 Å². The number of carbonyl (C=O) groups is 4. The Labute approximate surface area is 407 Å². The minimum absolute atomic E-state index is 0.153. The van der Waals surface area contributed by atoms with Crippen LogP contribution in [0.4, 0.5) is 36.5 Å². The van der Waals surface area contributed by atoms with Crippen molar-refractivity contribution in [2.24, 2.45) is 11.3 Å². The highest BCUT2D eigenvalue weighted by Crippen LogP contribution is 2.51. The number of aromatic nitrogens is 3. The van der Waals surface area contributed by atoms with Gasteiger partial charge in [-0.25, -0.2) is 23.1 Å². The number of methoxy groups -OCH3 is 1. The lowest BCUT2D eigenvalue weighted by atomic mass is 9.68. The summed E-state index contributed by atoms with van der Waals surface area (Å²) in [5.74, 6) is -2.58. The third-order valence-electron chi connectivity index (χ3n) is 15.6. The fraction of sp³-hybridized carbons (Fsp3) is 0.560. The number of nitrogens with zero attached hydrogens (tertiary/aromatic N) is 8. The van der Waals surface area contributed by atoms with Crippen LogP contribution in [0.1, 0.15) is 95.3 Å². The molecule has 3 N–H and O–H groups in total. The number of alkyl halides is 2. The van der Waals surface area contributed by atoms with Gasteiger partial charge in [-0.15, -0.1) is 5.10 Å². The van der Waals surface area contributed by atoms with Crippen molar-refractivity contribution in [3.05, 3.63) is 75.6 Å². The maximum absolute atomic E-state index is 16.4. The number of hydrogen-bond acceptors (Lipinski definition) is 11. The van der Waals surface area contributed by atoms with Gasteiger partial charge < -0.3 is 30.1 Å². The summed E-state index contributed by atoms with van der Waals surface area (Å²) in [7, 11) is 5.15. The maximum atomic E-state index is 16.4. The smallest absolute Gasteiger partial charge is 0.328 e. The Balaban J connectivity index is 0.000000918. The standard InChI is InChI=1S/C45H54ClF2N11O4.C5H10O/c1-28-33(46)21-31(22-36(28)58-17-10-39(60)52-43(58)63)42(62)56-14-7-29(8-15-56)25-54-18-11-44(12-19-54)13-20-55(27-45(44,47)48)26-30-5-4-6-35-32(30)9-16-57(35)38-23-34(49-2)40-51-24-37(41(61)50-3)59(40)53-38;1-6-5-3-2-4-5/h4-6,21-24,29,49H,7-20,25-27H2,1-3H3,(H,50,61)(H,52,60,63);5H,2-4H2,1H3. The average Bonchev–Trinajstić information content (AvgIpc) is 3.97. The Bertz CT molecular complexity index is 2590. The molecule has 1 spiro atoms. The third-order valence-corrected chi connectivity index (χ3v) is 16.0. The molecular formula is C50H64ClF2N11O5. The normalized spacial score (nSPS) is 20.9. The number of anilines is 4. The van der Waals surface area contributed by atoms with Gasteiger partial charge in [0.2, 0.25) is 5.91 Å². The number of halogens is 3. The Morgan fingerprint density at radius 3 is 2.29 bits per heavy atom. The van der Waals surface area contributed by atoms with E-state index in [0.717, 1.165) is 48.3 Å². The van der Waals surface area contributed by atoms with E-state index in [1.54, 1.807) is 44.8 Å². The van der Waals surface area contributed by atoms with Crippen molar-refractivity contribution in [1.29, 1.82) is 0 Å². The van der Waals surface area contributed by atoms with E-state index in [0.29, 0.717) is 116 Å². The van der Waals surface area contributed by atoms with Gasteiger partial charge in [0, 0.05) is 94.6 Å². The van der Waals surface area contributed by atoms with Gasteiger partial charge in [-0.1, -0.05) is 23.7 Å². The van der Waals surface area contributed by atoms with E-state index in [9.17, 15) is 19.2 Å². The van der Waals surface area contributed by atoms with E-state index in [4.69, 9.17) is 21.4 Å². The quantitative estimate of drug-likeness (QED) is 0.152. The maximum Gasteiger partial charge on any atom is 0.328 e. The Hall–Kier alpha value is -5.43. The summed E-state index contributed by atoms with van der Waals surface area (Å²) in [6.07, 6.45) is 10.00. The number of amides is 5. The number of piperidine rings is 3. The zero-order chi connectivity index (χ0) is 48.6. The predicted molar refractivity (Wildman–Crippen MR) is 261 cm³/mol. The van der Waals surface area contributed by atoms with Gasteiger partial charge in [0.25, 0.3) is 17.7 Å². The number of carbonyl (C=O) groups excluding carboxylic acids is 4. The average molecular weight is 973 g/mol. The van der Waals surface area contributed by atoms with E-state index in [2.05, 4.69) is 36.8 Å². The largest absolute Gasteiger partial charge is 0.385 e. The van der Waals surface area contributed by atoms with Crippen LogP contribution in [0.15, 0.2) is 42.6 Å². The highest BCUT2D eigenvalue weighted by Gasteiger charge is 2.57. The highest BCUT2D eigenvalue weighted by molar-refractivity contribution is 6.32. The van der Waals surface area contributed by atoms with Crippen LogP contribution >= 0.6 is 11.6 Å². The molecule has 1 aliphatic carbocycles. The molecule has 5 amide bonds. The van der Waals surface area contributed by atoms with E-state index in [-0.39, 0.29) is 37.2 Å². The number of imide groups is 1. The zero-order valence-corrected chi connectivity index (χ0v) is 40.8. The molecule has 1 saturated carbocycles. The van der Waals surface area contributed by atoms with E-state index in [1.165, 1.54) is 30.4 Å². The van der Waals surface area contributed by atoms with Crippen LogP contribution < -0.4 is 25.8 Å². The second-order valence-electron chi connectivity index (χ2n) is 19.6. The summed E-state index contributed by atoms with van der Waals surface area (Å²) in [6.45, 7) is 6.71. The molecule has 69 heavy (non-hydrogen) atoms. The number of urea groups is 1. The van der Waals surface area contributed by atoms with Crippen molar-refractivity contribution in [3.8, 4) is 0 Å². The SMILES string of the molecule is CNC(=O)c1cnc2c(NC)cc(N3CCc4c(CN5CCC6(CCN(CC7CCN(C(=O)c8cc(Cl)c(C)c(N9CCC(=O)NC9=O)c8)CC7)CC6)C(F)(F)C5)cccc43)nn12.COC1CCC1. The first-order chi connectivity index (χ1) is 33.2. The summed E-state index contributed by atoms with van der Waals surface area (Å²) in [6, 6.07) is 10.8. The second kappa shape index (κ2) is 20.1. The Kier molecular flexibility index (Phi) is 14.2. The summed E-state index contributed by atoms with van der Waals surface area (Å²) in [4.78, 5) is 64.6. The number of rotatable bonds is 10. The topological polar surface area (TPSA) is 160 Å². The lowest BCUT2D eigenvalue weighted by Gasteiger charge is -2.51. The van der Waals surface area contributed by atoms with Gasteiger partial charge in [0.05, 0.1) is 30.2 Å². The van der Waals surface area contributed by atoms with Crippen LogP contribution in [-0.4, -0.2) is 145 Å². The molecule has 2 aromatic carbocycles. The molecule has 4 aromatic rings. The zero-order valence-electron chi connectivity index (χ0n) is 40.1. The number of nitrogens with one attached hydrogen (secondary N) is 3. The van der Waals surface area contributed by atoms with Crippen molar-refractivity contribution in [2.45, 2.75) is 89.7 Å². The van der Waals surface area contributed by atoms with Crippen LogP contribution in [0.5, 0.6) is 0 Å². The molecule has 0 bridgehead atoms. The highest BCUT2D eigenvalue weighted by atomic mass is 35.5. The summed E-state index contributed by atoms with van der Waals surface area (Å²) >= 11 is 6.55. The molecule has 5 fully saturated rings. The number of fused-ring (bicyclic) bond motifs is 2. The Morgan fingerprint density at radius 2 is 1.64 bits per heavy atom. The van der Waals surface area contributed by atoms with Crippen molar-refractivity contribution in [3.63, 3.8) is 0 Å². The molecule has 10 rings (SSSR count). The molecular weight excluding hydrogens is 908 g/mol. The fourth-order valence-corrected chi connectivity index (χ4v) is 11.2. The molecule has 0 radical (unpaired) electrons. The first kappa shape index (κ1) is 48.6. The van der Waals surface area contributed by atoms with Crippen molar-refractivity contribution >= 4 is 63.9 Å². The molecule has 4 saturated heterocycles. The van der Waals surface area contributed by atoms with Crippen LogP contribution in [-0.2, 0) is 22.5 Å². The van der Waals surface area contributed by atoms with Crippen molar-refractivity contribution in [2.75, 3.05) is 95.2 Å². The number of hydrogen-bond donors (Lipinski definition) is 3. The first-order valence-corrected chi connectivity index (χ1v) is 24.8. The first-order valence-electron chi connectivity index (χ1n) is 24.4. The molecule has 0 atom stereocenters. The Morgan fingerprint density at radius 1 is 0.913 bits per heavy atom. The van der Waals surface area contributed by atoms with Gasteiger partial charge in [-0.3, -0.25) is 29.5 Å².